The molecule has 0 aromatic heterocycles. The van der Waals surface area contributed by atoms with Crippen LogP contribution in [0.25, 0.3) is 0 Å². The molecule has 98 valence electrons. The van der Waals surface area contributed by atoms with Crippen molar-refractivity contribution in [3.05, 3.63) is 54.6 Å². The molecule has 0 heterocycles. The van der Waals surface area contributed by atoms with Crippen molar-refractivity contribution >= 4 is 17.6 Å². The number of allylic oxidation sites excluding steroid dienone is 1. The van der Waals surface area contributed by atoms with Crippen molar-refractivity contribution in [1.29, 1.82) is 5.26 Å². The summed E-state index contributed by atoms with van der Waals surface area (Å²) in [5.41, 5.74) is 0.667. The number of benzene rings is 1. The summed E-state index contributed by atoms with van der Waals surface area (Å²) >= 11 is 0. The van der Waals surface area contributed by atoms with Gasteiger partial charge in [0.25, 0.3) is 5.91 Å². The Labute approximate surface area is 111 Å². The van der Waals surface area contributed by atoms with E-state index in [-0.39, 0.29) is 17.2 Å². The van der Waals surface area contributed by atoms with Crippen LogP contribution in [0, 0.1) is 11.3 Å². The number of anilines is 1. The van der Waals surface area contributed by atoms with Gasteiger partial charge in [0.2, 0.25) is 0 Å². The summed E-state index contributed by atoms with van der Waals surface area (Å²) in [7, 11) is 0. The maximum Gasteiger partial charge on any atom is 0.337 e. The monoisotopic (exact) mass is 258 g/mol. The Morgan fingerprint density at radius 2 is 1.95 bits per heavy atom. The topological polar surface area (TPSA) is 90.2 Å². The van der Waals surface area contributed by atoms with Gasteiger partial charge >= 0.3 is 5.97 Å². The second-order valence-corrected chi connectivity index (χ2v) is 3.42. The van der Waals surface area contributed by atoms with Crippen LogP contribution in [0.5, 0.6) is 0 Å². The van der Waals surface area contributed by atoms with Crippen LogP contribution in [0.3, 0.4) is 0 Å². The van der Waals surface area contributed by atoms with E-state index in [9.17, 15) is 9.59 Å². The predicted octanol–water partition coefficient (Wildman–Crippen LogP) is 2.60. The highest BCUT2D eigenvalue weighted by molar-refractivity contribution is 6.06. The summed E-state index contributed by atoms with van der Waals surface area (Å²) in [6, 6.07) is 7.90. The molecule has 1 aromatic rings. The molecule has 0 unspecified atom stereocenters. The van der Waals surface area contributed by atoms with Crippen LogP contribution in [0.1, 0.15) is 17.3 Å². The van der Waals surface area contributed by atoms with Crippen LogP contribution in [0.15, 0.2) is 49.1 Å². The van der Waals surface area contributed by atoms with Crippen molar-refractivity contribution in [1.82, 2.24) is 0 Å². The lowest BCUT2D eigenvalue weighted by Gasteiger charge is -2.07. The standard InChI is InChI=1S/C11H11NO3.C3H3N/c1-7(2)10(13)12-9-6-4-3-5-8(9)11(14)15;1-2-3-4/h3-6H,1H2,2H3,(H,12,13)(H,14,15);2H,1H2. The van der Waals surface area contributed by atoms with Crippen LogP contribution < -0.4 is 5.32 Å². The molecule has 5 heteroatoms. The maximum absolute atomic E-state index is 11.3. The van der Waals surface area contributed by atoms with Crippen LogP contribution in [-0.4, -0.2) is 17.0 Å². The van der Waals surface area contributed by atoms with Crippen molar-refractivity contribution in [3.8, 4) is 6.07 Å². The van der Waals surface area contributed by atoms with Crippen LogP contribution >= 0.6 is 0 Å². The number of rotatable bonds is 3. The first-order valence-corrected chi connectivity index (χ1v) is 5.23. The summed E-state index contributed by atoms with van der Waals surface area (Å²) in [5, 5.41) is 18.8. The number of nitriles is 1. The maximum atomic E-state index is 11.3. The first-order valence-electron chi connectivity index (χ1n) is 5.23. The number of hydrogen-bond acceptors (Lipinski definition) is 3. The third-order valence-corrected chi connectivity index (χ3v) is 1.88. The van der Waals surface area contributed by atoms with Gasteiger partial charge in [-0.25, -0.2) is 4.79 Å². The van der Waals surface area contributed by atoms with E-state index in [1.807, 2.05) is 0 Å². The van der Waals surface area contributed by atoms with E-state index in [4.69, 9.17) is 10.4 Å². The Bertz CT molecular complexity index is 542. The molecule has 2 N–H and O–H groups in total. The average molecular weight is 258 g/mol. The van der Waals surface area contributed by atoms with Crippen molar-refractivity contribution in [3.63, 3.8) is 0 Å². The Balaban J connectivity index is 0.000000711. The number of carbonyl (C=O) groups excluding carboxylic acids is 1. The molecule has 0 aliphatic heterocycles. The number of carboxylic acid groups (broad SMARTS) is 1. The van der Waals surface area contributed by atoms with E-state index < -0.39 is 5.97 Å². The lowest BCUT2D eigenvalue weighted by Crippen LogP contribution is -2.14. The Hall–Kier alpha value is -2.87. The van der Waals surface area contributed by atoms with Crippen LogP contribution in [0.2, 0.25) is 0 Å². The number of hydrogen-bond donors (Lipinski definition) is 2. The molecule has 0 aliphatic rings. The van der Waals surface area contributed by atoms with Crippen molar-refractivity contribution in [2.45, 2.75) is 6.92 Å². The molecular formula is C14H14N2O3. The summed E-state index contributed by atoms with van der Waals surface area (Å²) in [5.74, 6) is -1.46. The minimum Gasteiger partial charge on any atom is -0.478 e. The van der Waals surface area contributed by atoms with E-state index in [1.54, 1.807) is 25.1 Å². The molecule has 0 radical (unpaired) electrons. The molecule has 0 spiro atoms. The molecule has 0 saturated heterocycles. The minimum atomic E-state index is -1.08. The Morgan fingerprint density at radius 3 is 2.37 bits per heavy atom. The van der Waals surface area contributed by atoms with E-state index in [0.717, 1.165) is 0 Å². The fraction of sp³-hybridized carbons (Fsp3) is 0.0714. The Morgan fingerprint density at radius 1 is 1.42 bits per heavy atom. The zero-order chi connectivity index (χ0) is 14.8. The molecule has 1 aromatic carbocycles. The first-order chi connectivity index (χ1) is 8.93. The van der Waals surface area contributed by atoms with Gasteiger partial charge in [0.15, 0.2) is 0 Å². The van der Waals surface area contributed by atoms with Gasteiger partial charge in [-0.15, -0.1) is 0 Å². The number of amides is 1. The lowest BCUT2D eigenvalue weighted by atomic mass is 10.1. The van der Waals surface area contributed by atoms with Gasteiger partial charge in [0.1, 0.15) is 0 Å². The fourth-order valence-corrected chi connectivity index (χ4v) is 1.01. The minimum absolute atomic E-state index is 0.0621. The molecule has 0 fully saturated rings. The number of carbonyl (C=O) groups is 2. The van der Waals surface area contributed by atoms with Crippen molar-refractivity contribution < 1.29 is 14.7 Å². The fourth-order valence-electron chi connectivity index (χ4n) is 1.01. The molecule has 1 amide bonds. The van der Waals surface area contributed by atoms with Gasteiger partial charge in [0, 0.05) is 11.6 Å². The molecule has 19 heavy (non-hydrogen) atoms. The lowest BCUT2D eigenvalue weighted by molar-refractivity contribution is -0.112. The van der Waals surface area contributed by atoms with E-state index in [1.165, 1.54) is 18.2 Å². The molecule has 5 nitrogen and oxygen atoms in total. The molecule has 0 bridgehead atoms. The molecule has 0 atom stereocenters. The average Bonchev–Trinajstić information content (AvgIpc) is 2.39. The molecule has 1 rings (SSSR count). The first kappa shape index (κ1) is 16.1. The second kappa shape index (κ2) is 8.25. The zero-order valence-electron chi connectivity index (χ0n) is 10.5. The highest BCUT2D eigenvalue weighted by Gasteiger charge is 2.11. The number of carboxylic acids is 1. The summed E-state index contributed by atoms with van der Waals surface area (Å²) < 4.78 is 0. The number of nitrogens with zero attached hydrogens (tertiary/aromatic N) is 1. The predicted molar refractivity (Wildman–Crippen MR) is 72.7 cm³/mol. The van der Waals surface area contributed by atoms with Gasteiger partial charge in [0.05, 0.1) is 17.3 Å². The third kappa shape index (κ3) is 5.84. The van der Waals surface area contributed by atoms with Crippen LogP contribution in [-0.2, 0) is 4.79 Å². The Kier molecular flexibility index (Phi) is 7.01. The van der Waals surface area contributed by atoms with Gasteiger partial charge in [-0.2, -0.15) is 5.26 Å². The van der Waals surface area contributed by atoms with E-state index in [2.05, 4.69) is 18.5 Å². The quantitative estimate of drug-likeness (QED) is 0.644. The van der Waals surface area contributed by atoms with Gasteiger partial charge < -0.3 is 10.4 Å². The van der Waals surface area contributed by atoms with Crippen LogP contribution in [0.4, 0.5) is 5.69 Å². The van der Waals surface area contributed by atoms with Gasteiger partial charge in [-0.1, -0.05) is 25.3 Å². The highest BCUT2D eigenvalue weighted by Crippen LogP contribution is 2.15. The normalized spacial score (nSPS) is 8.21. The zero-order valence-corrected chi connectivity index (χ0v) is 10.5. The third-order valence-electron chi connectivity index (χ3n) is 1.88. The SMILES string of the molecule is C=C(C)C(=O)Nc1ccccc1C(=O)O.C=CC#N. The number of nitrogens with one attached hydrogen (secondary N) is 1. The summed E-state index contributed by atoms with van der Waals surface area (Å²) in [4.78, 5) is 22.1. The van der Waals surface area contributed by atoms with Gasteiger partial charge in [-0.05, 0) is 19.1 Å². The second-order valence-electron chi connectivity index (χ2n) is 3.42. The smallest absolute Gasteiger partial charge is 0.337 e. The van der Waals surface area contributed by atoms with Crippen molar-refractivity contribution in [2.24, 2.45) is 0 Å². The summed E-state index contributed by atoms with van der Waals surface area (Å²) in [6.07, 6.45) is 1.18. The molecular weight excluding hydrogens is 244 g/mol. The molecule has 0 saturated carbocycles. The largest absolute Gasteiger partial charge is 0.478 e. The summed E-state index contributed by atoms with van der Waals surface area (Å²) in [6.45, 7) is 8.14. The molecule has 0 aliphatic carbocycles. The van der Waals surface area contributed by atoms with E-state index >= 15 is 0 Å². The van der Waals surface area contributed by atoms with Gasteiger partial charge in [-0.3, -0.25) is 4.79 Å². The number of aromatic carboxylic acids is 1. The van der Waals surface area contributed by atoms with E-state index in [0.29, 0.717) is 5.57 Å². The number of para-hydroxylation sites is 1. The highest BCUT2D eigenvalue weighted by atomic mass is 16.4. The van der Waals surface area contributed by atoms with Crippen molar-refractivity contribution in [2.75, 3.05) is 5.32 Å².